The van der Waals surface area contributed by atoms with E-state index in [0.717, 1.165) is 23.9 Å². The fourth-order valence-electron chi connectivity index (χ4n) is 2.63. The van der Waals surface area contributed by atoms with Crippen molar-refractivity contribution in [1.82, 2.24) is 5.32 Å². The molecule has 2 aliphatic carbocycles. The van der Waals surface area contributed by atoms with Gasteiger partial charge in [0.15, 0.2) is 0 Å². The van der Waals surface area contributed by atoms with Gasteiger partial charge in [-0.25, -0.2) is 0 Å². The second-order valence-corrected chi connectivity index (χ2v) is 5.13. The molecule has 0 aromatic carbocycles. The van der Waals surface area contributed by atoms with Gasteiger partial charge < -0.3 is 5.32 Å². The molecule has 2 rings (SSSR count). The van der Waals surface area contributed by atoms with Crippen LogP contribution in [0.2, 0.25) is 0 Å². The van der Waals surface area contributed by atoms with Gasteiger partial charge in [0.2, 0.25) is 0 Å². The van der Waals surface area contributed by atoms with E-state index >= 15 is 0 Å². The smallest absolute Gasteiger partial charge is 0.0102 e. The SMILES string of the molecule is CCC1CC1NC1CCC(C)CC1. The Morgan fingerprint density at radius 1 is 1.15 bits per heavy atom. The molecule has 76 valence electrons. The molecule has 0 aliphatic heterocycles. The first-order chi connectivity index (χ1) is 6.29. The molecule has 2 aliphatic rings. The minimum atomic E-state index is 0.859. The van der Waals surface area contributed by atoms with Gasteiger partial charge in [0.05, 0.1) is 0 Å². The van der Waals surface area contributed by atoms with E-state index in [1.165, 1.54) is 38.5 Å². The van der Waals surface area contributed by atoms with Gasteiger partial charge in [-0.1, -0.05) is 20.3 Å². The monoisotopic (exact) mass is 181 g/mol. The summed E-state index contributed by atoms with van der Waals surface area (Å²) in [4.78, 5) is 0. The Bertz CT molecular complexity index is 159. The minimum Gasteiger partial charge on any atom is -0.311 e. The lowest BCUT2D eigenvalue weighted by Gasteiger charge is -2.27. The van der Waals surface area contributed by atoms with Crippen molar-refractivity contribution in [1.29, 1.82) is 0 Å². The third-order valence-electron chi connectivity index (χ3n) is 3.91. The maximum atomic E-state index is 3.81. The number of hydrogen-bond donors (Lipinski definition) is 1. The van der Waals surface area contributed by atoms with Gasteiger partial charge in [0.25, 0.3) is 0 Å². The molecule has 2 fully saturated rings. The van der Waals surface area contributed by atoms with E-state index in [1.807, 2.05) is 0 Å². The Morgan fingerprint density at radius 2 is 1.85 bits per heavy atom. The Labute approximate surface area is 82.3 Å². The van der Waals surface area contributed by atoms with E-state index in [0.29, 0.717) is 0 Å². The van der Waals surface area contributed by atoms with E-state index in [4.69, 9.17) is 0 Å². The van der Waals surface area contributed by atoms with Crippen molar-refractivity contribution in [3.63, 3.8) is 0 Å². The standard InChI is InChI=1S/C12H23N/c1-3-10-8-12(10)13-11-6-4-9(2)5-7-11/h9-13H,3-8H2,1-2H3. The third-order valence-corrected chi connectivity index (χ3v) is 3.91. The van der Waals surface area contributed by atoms with Gasteiger partial charge in [-0.3, -0.25) is 0 Å². The Kier molecular flexibility index (Phi) is 2.92. The summed E-state index contributed by atoms with van der Waals surface area (Å²) in [6, 6.07) is 1.75. The highest BCUT2D eigenvalue weighted by Gasteiger charge is 2.36. The topological polar surface area (TPSA) is 12.0 Å². The van der Waals surface area contributed by atoms with Crippen molar-refractivity contribution in [3.05, 3.63) is 0 Å². The van der Waals surface area contributed by atoms with Gasteiger partial charge in [0.1, 0.15) is 0 Å². The molecule has 0 aromatic heterocycles. The minimum absolute atomic E-state index is 0.859. The normalized spacial score (nSPS) is 44.8. The Morgan fingerprint density at radius 3 is 2.38 bits per heavy atom. The van der Waals surface area contributed by atoms with Crippen LogP contribution in [0.4, 0.5) is 0 Å². The first-order valence-electron chi connectivity index (χ1n) is 6.05. The number of nitrogens with one attached hydrogen (secondary N) is 1. The lowest BCUT2D eigenvalue weighted by molar-refractivity contribution is 0.303. The molecule has 1 N–H and O–H groups in total. The molecule has 0 bridgehead atoms. The van der Waals surface area contributed by atoms with Gasteiger partial charge in [0, 0.05) is 12.1 Å². The van der Waals surface area contributed by atoms with Crippen LogP contribution in [0.15, 0.2) is 0 Å². The van der Waals surface area contributed by atoms with Crippen molar-refractivity contribution in [2.45, 2.75) is 64.5 Å². The second kappa shape index (κ2) is 4.00. The molecule has 2 atom stereocenters. The Hall–Kier alpha value is -0.0400. The van der Waals surface area contributed by atoms with Gasteiger partial charge in [-0.05, 0) is 43.9 Å². The van der Waals surface area contributed by atoms with E-state index < -0.39 is 0 Å². The summed E-state index contributed by atoms with van der Waals surface area (Å²) in [5, 5.41) is 3.81. The summed E-state index contributed by atoms with van der Waals surface area (Å²) in [6.07, 6.45) is 8.56. The highest BCUT2D eigenvalue weighted by atomic mass is 15.0. The van der Waals surface area contributed by atoms with Crippen LogP contribution in [-0.4, -0.2) is 12.1 Å². The lowest BCUT2D eigenvalue weighted by Crippen LogP contribution is -2.34. The van der Waals surface area contributed by atoms with Crippen molar-refractivity contribution in [3.8, 4) is 0 Å². The summed E-state index contributed by atoms with van der Waals surface area (Å²) >= 11 is 0. The zero-order valence-corrected chi connectivity index (χ0v) is 9.05. The first kappa shape index (κ1) is 9.51. The largest absolute Gasteiger partial charge is 0.311 e. The molecule has 2 saturated carbocycles. The third kappa shape index (κ3) is 2.46. The molecule has 1 nitrogen and oxygen atoms in total. The van der Waals surface area contributed by atoms with Crippen LogP contribution in [0.25, 0.3) is 0 Å². The van der Waals surface area contributed by atoms with Crippen molar-refractivity contribution in [2.75, 3.05) is 0 Å². The quantitative estimate of drug-likeness (QED) is 0.706. The molecular formula is C12H23N. The maximum Gasteiger partial charge on any atom is 0.0102 e. The zero-order valence-electron chi connectivity index (χ0n) is 9.05. The molecule has 13 heavy (non-hydrogen) atoms. The second-order valence-electron chi connectivity index (χ2n) is 5.13. The predicted molar refractivity (Wildman–Crippen MR) is 56.7 cm³/mol. The van der Waals surface area contributed by atoms with E-state index in [2.05, 4.69) is 19.2 Å². The first-order valence-corrected chi connectivity index (χ1v) is 6.05. The van der Waals surface area contributed by atoms with Crippen LogP contribution in [0.5, 0.6) is 0 Å². The molecule has 0 saturated heterocycles. The molecule has 0 heterocycles. The van der Waals surface area contributed by atoms with Crippen LogP contribution < -0.4 is 5.32 Å². The zero-order chi connectivity index (χ0) is 9.26. The molecule has 2 unspecified atom stereocenters. The van der Waals surface area contributed by atoms with Gasteiger partial charge in [-0.2, -0.15) is 0 Å². The van der Waals surface area contributed by atoms with Crippen LogP contribution in [0.1, 0.15) is 52.4 Å². The molecule has 0 amide bonds. The fraction of sp³-hybridized carbons (Fsp3) is 1.00. The summed E-state index contributed by atoms with van der Waals surface area (Å²) < 4.78 is 0. The predicted octanol–water partition coefficient (Wildman–Crippen LogP) is 2.95. The van der Waals surface area contributed by atoms with E-state index in [-0.39, 0.29) is 0 Å². The molecular weight excluding hydrogens is 158 g/mol. The van der Waals surface area contributed by atoms with Crippen LogP contribution >= 0.6 is 0 Å². The summed E-state index contributed by atoms with van der Waals surface area (Å²) in [7, 11) is 0. The van der Waals surface area contributed by atoms with Crippen molar-refractivity contribution >= 4 is 0 Å². The summed E-state index contributed by atoms with van der Waals surface area (Å²) in [5.41, 5.74) is 0. The fourth-order valence-corrected chi connectivity index (χ4v) is 2.63. The summed E-state index contributed by atoms with van der Waals surface area (Å²) in [5.74, 6) is 2.00. The van der Waals surface area contributed by atoms with Crippen molar-refractivity contribution < 1.29 is 0 Å². The van der Waals surface area contributed by atoms with Gasteiger partial charge in [-0.15, -0.1) is 0 Å². The van der Waals surface area contributed by atoms with Crippen LogP contribution in [0, 0.1) is 11.8 Å². The molecule has 0 aromatic rings. The molecule has 0 radical (unpaired) electrons. The highest BCUT2D eigenvalue weighted by Crippen LogP contribution is 2.35. The average molecular weight is 181 g/mol. The van der Waals surface area contributed by atoms with Crippen LogP contribution in [-0.2, 0) is 0 Å². The van der Waals surface area contributed by atoms with E-state index in [9.17, 15) is 0 Å². The summed E-state index contributed by atoms with van der Waals surface area (Å²) in [6.45, 7) is 4.71. The Balaban J connectivity index is 1.66. The van der Waals surface area contributed by atoms with Crippen LogP contribution in [0.3, 0.4) is 0 Å². The maximum absolute atomic E-state index is 3.81. The van der Waals surface area contributed by atoms with E-state index in [1.54, 1.807) is 0 Å². The highest BCUT2D eigenvalue weighted by molar-refractivity contribution is 4.94. The molecule has 0 spiro atoms. The lowest BCUT2D eigenvalue weighted by atomic mass is 9.87. The van der Waals surface area contributed by atoms with Crippen molar-refractivity contribution in [2.24, 2.45) is 11.8 Å². The van der Waals surface area contributed by atoms with Gasteiger partial charge >= 0.3 is 0 Å². The average Bonchev–Trinajstić information content (AvgIpc) is 2.88. The number of hydrogen-bond acceptors (Lipinski definition) is 1. The molecule has 1 heteroatoms. The number of rotatable bonds is 3.